The number of nitrogens with zero attached hydrogens (tertiary/aromatic N) is 1. The number of hydrogen-bond acceptors (Lipinski definition) is 4. The second-order valence-corrected chi connectivity index (χ2v) is 11.3. The lowest BCUT2D eigenvalue weighted by atomic mass is 9.91. The Kier molecular flexibility index (Phi) is 7.74. The van der Waals surface area contributed by atoms with Crippen LogP contribution in [0.4, 0.5) is 14.9 Å². The molecule has 4 aromatic rings. The Morgan fingerprint density at radius 1 is 0.900 bits per heavy atom. The van der Waals surface area contributed by atoms with Crippen molar-refractivity contribution in [3.05, 3.63) is 114 Å². The number of amides is 2. The lowest BCUT2D eigenvalue weighted by Crippen LogP contribution is -2.29. The first-order valence-corrected chi connectivity index (χ1v) is 14.3. The summed E-state index contributed by atoms with van der Waals surface area (Å²) in [6.45, 7) is 0. The standard InChI is InChI=1S/C30H28FN2O6P/c31-22-11-6-20(7-12-22)27(34)17-16-26-29(33(30(36)32-26)23-4-2-1-3-5-23)25-15-10-21(18-28(25)35)19-8-13-24(14-9-19)40(37,38)39/h1-15,18,26-27,29,34-35H,16-17H2,(H,32,36)(H2,37,38,39)/t26-,27+,29-/m1/s1. The molecule has 5 N–H and O–H groups in total. The highest BCUT2D eigenvalue weighted by Gasteiger charge is 2.42. The second-order valence-electron chi connectivity index (χ2n) is 9.72. The highest BCUT2D eigenvalue weighted by molar-refractivity contribution is 7.60. The number of halogens is 1. The van der Waals surface area contributed by atoms with Crippen LogP contribution >= 0.6 is 7.60 Å². The Hall–Kier alpha value is -4.01. The van der Waals surface area contributed by atoms with E-state index in [0.717, 1.165) is 0 Å². The molecule has 1 fully saturated rings. The van der Waals surface area contributed by atoms with Gasteiger partial charge in [0.15, 0.2) is 0 Å². The molecule has 40 heavy (non-hydrogen) atoms. The molecule has 1 saturated heterocycles. The first-order valence-electron chi connectivity index (χ1n) is 12.7. The van der Waals surface area contributed by atoms with E-state index in [1.165, 1.54) is 36.4 Å². The lowest BCUT2D eigenvalue weighted by Gasteiger charge is -2.28. The van der Waals surface area contributed by atoms with Crippen molar-refractivity contribution < 1.29 is 33.7 Å². The van der Waals surface area contributed by atoms with Gasteiger partial charge in [-0.25, -0.2) is 9.18 Å². The molecule has 5 rings (SSSR count). The Bertz CT molecular complexity index is 1540. The summed E-state index contributed by atoms with van der Waals surface area (Å²) in [6, 6.07) is 24.2. The zero-order chi connectivity index (χ0) is 28.4. The van der Waals surface area contributed by atoms with Crippen LogP contribution in [-0.4, -0.2) is 32.1 Å². The number of phenols is 1. The summed E-state index contributed by atoms with van der Waals surface area (Å²) in [5, 5.41) is 24.8. The zero-order valence-electron chi connectivity index (χ0n) is 21.3. The molecule has 0 radical (unpaired) electrons. The van der Waals surface area contributed by atoms with E-state index >= 15 is 0 Å². The average Bonchev–Trinajstić information content (AvgIpc) is 3.27. The monoisotopic (exact) mass is 562 g/mol. The topological polar surface area (TPSA) is 130 Å². The fourth-order valence-electron chi connectivity index (χ4n) is 5.08. The molecule has 2 amide bonds. The van der Waals surface area contributed by atoms with Crippen molar-refractivity contribution in [1.29, 1.82) is 0 Å². The molecule has 0 spiro atoms. The van der Waals surface area contributed by atoms with Crippen LogP contribution in [0.15, 0.2) is 97.1 Å². The average molecular weight is 563 g/mol. The van der Waals surface area contributed by atoms with E-state index < -0.39 is 31.6 Å². The third kappa shape index (κ3) is 5.78. The zero-order valence-corrected chi connectivity index (χ0v) is 22.2. The summed E-state index contributed by atoms with van der Waals surface area (Å²) in [4.78, 5) is 33.5. The molecular formula is C30H28FN2O6P. The first-order chi connectivity index (χ1) is 19.1. The molecule has 206 valence electrons. The van der Waals surface area contributed by atoms with Crippen LogP contribution < -0.4 is 15.5 Å². The number of para-hydroxylation sites is 1. The summed E-state index contributed by atoms with van der Waals surface area (Å²) in [5.41, 5.74) is 2.99. The largest absolute Gasteiger partial charge is 0.508 e. The van der Waals surface area contributed by atoms with Crippen molar-refractivity contribution in [3.8, 4) is 16.9 Å². The van der Waals surface area contributed by atoms with Gasteiger partial charge in [0.25, 0.3) is 0 Å². The molecule has 1 aliphatic rings. The molecule has 0 aliphatic carbocycles. The fraction of sp³-hybridized carbons (Fsp3) is 0.167. The van der Waals surface area contributed by atoms with Crippen molar-refractivity contribution in [1.82, 2.24) is 5.32 Å². The summed E-state index contributed by atoms with van der Waals surface area (Å²) in [7, 11) is -4.37. The maximum absolute atomic E-state index is 13.3. The van der Waals surface area contributed by atoms with Crippen molar-refractivity contribution in [2.45, 2.75) is 31.0 Å². The van der Waals surface area contributed by atoms with Crippen LogP contribution in [0.3, 0.4) is 0 Å². The van der Waals surface area contributed by atoms with E-state index in [0.29, 0.717) is 40.8 Å². The smallest absolute Gasteiger partial charge is 0.356 e. The number of carbonyl (C=O) groups excluding carboxylic acids is 1. The number of phenolic OH excluding ortho intramolecular Hbond substituents is 1. The van der Waals surface area contributed by atoms with E-state index in [9.17, 15) is 33.7 Å². The van der Waals surface area contributed by atoms with E-state index in [1.54, 1.807) is 47.4 Å². The van der Waals surface area contributed by atoms with Crippen LogP contribution in [0.25, 0.3) is 11.1 Å². The number of carbonyl (C=O) groups is 1. The maximum atomic E-state index is 13.3. The summed E-state index contributed by atoms with van der Waals surface area (Å²) >= 11 is 0. The van der Waals surface area contributed by atoms with Crippen LogP contribution in [-0.2, 0) is 4.57 Å². The first kappa shape index (κ1) is 27.6. The Morgan fingerprint density at radius 2 is 1.55 bits per heavy atom. The summed E-state index contributed by atoms with van der Waals surface area (Å²) < 4.78 is 24.8. The number of benzene rings is 4. The number of aliphatic hydroxyl groups excluding tert-OH is 1. The number of nitrogens with one attached hydrogen (secondary N) is 1. The van der Waals surface area contributed by atoms with Crippen LogP contribution in [0.2, 0.25) is 0 Å². The third-order valence-corrected chi connectivity index (χ3v) is 8.08. The number of aliphatic hydroxyl groups is 1. The number of anilines is 1. The number of hydrogen-bond donors (Lipinski definition) is 5. The summed E-state index contributed by atoms with van der Waals surface area (Å²) in [5.74, 6) is -0.447. The quantitative estimate of drug-likeness (QED) is 0.189. The highest BCUT2D eigenvalue weighted by Crippen LogP contribution is 2.42. The molecule has 1 heterocycles. The number of rotatable bonds is 8. The van der Waals surface area contributed by atoms with Gasteiger partial charge < -0.3 is 25.3 Å². The maximum Gasteiger partial charge on any atom is 0.356 e. The van der Waals surface area contributed by atoms with Crippen molar-refractivity contribution in [2.75, 3.05) is 4.90 Å². The van der Waals surface area contributed by atoms with Crippen molar-refractivity contribution in [2.24, 2.45) is 0 Å². The third-order valence-electron chi connectivity index (χ3n) is 7.11. The Labute approximate surface area is 230 Å². The molecule has 4 aromatic carbocycles. The molecule has 3 atom stereocenters. The van der Waals surface area contributed by atoms with Gasteiger partial charge >= 0.3 is 13.6 Å². The predicted octanol–water partition coefficient (Wildman–Crippen LogP) is 5.15. The Balaban J connectivity index is 1.45. The SMILES string of the molecule is O=C1N[C@H](CC[C@H](O)c2ccc(F)cc2)[C@@H](c2ccc(-c3ccc(P(=O)(O)O)cc3)cc2O)N1c1ccccc1. The van der Waals surface area contributed by atoms with Gasteiger partial charge in [-0.2, -0.15) is 0 Å². The number of aromatic hydroxyl groups is 1. The van der Waals surface area contributed by atoms with E-state index in [2.05, 4.69) is 5.32 Å². The summed E-state index contributed by atoms with van der Waals surface area (Å²) in [6.07, 6.45) is -0.194. The minimum Gasteiger partial charge on any atom is -0.508 e. The fourth-order valence-corrected chi connectivity index (χ4v) is 5.61. The minimum absolute atomic E-state index is 0.0527. The lowest BCUT2D eigenvalue weighted by molar-refractivity contribution is 0.159. The molecule has 1 aliphatic heterocycles. The van der Waals surface area contributed by atoms with Crippen LogP contribution in [0.1, 0.15) is 36.1 Å². The molecule has 8 nitrogen and oxygen atoms in total. The van der Waals surface area contributed by atoms with Gasteiger partial charge in [-0.15, -0.1) is 0 Å². The van der Waals surface area contributed by atoms with Gasteiger partial charge in [0.1, 0.15) is 11.6 Å². The van der Waals surface area contributed by atoms with Gasteiger partial charge in [0.2, 0.25) is 0 Å². The van der Waals surface area contributed by atoms with Gasteiger partial charge in [-0.3, -0.25) is 9.46 Å². The van der Waals surface area contributed by atoms with Crippen molar-refractivity contribution in [3.63, 3.8) is 0 Å². The van der Waals surface area contributed by atoms with Gasteiger partial charge in [-0.05, 0) is 72.0 Å². The molecule has 10 heteroatoms. The molecule has 0 bridgehead atoms. The van der Waals surface area contributed by atoms with Gasteiger partial charge in [-0.1, -0.05) is 54.6 Å². The van der Waals surface area contributed by atoms with Gasteiger partial charge in [0.05, 0.1) is 23.5 Å². The predicted molar refractivity (Wildman–Crippen MR) is 150 cm³/mol. The van der Waals surface area contributed by atoms with Crippen LogP contribution in [0.5, 0.6) is 5.75 Å². The van der Waals surface area contributed by atoms with Gasteiger partial charge in [0, 0.05) is 11.3 Å². The minimum atomic E-state index is -4.37. The molecule has 0 saturated carbocycles. The van der Waals surface area contributed by atoms with Crippen LogP contribution in [0, 0.1) is 5.82 Å². The number of urea groups is 1. The second kappa shape index (κ2) is 11.2. The molecule has 0 unspecified atom stereocenters. The Morgan fingerprint density at radius 3 is 2.17 bits per heavy atom. The van der Waals surface area contributed by atoms with E-state index in [1.807, 2.05) is 18.2 Å². The molecular weight excluding hydrogens is 534 g/mol. The van der Waals surface area contributed by atoms with Crippen molar-refractivity contribution >= 4 is 24.6 Å². The van der Waals surface area contributed by atoms with E-state index in [4.69, 9.17) is 0 Å². The highest BCUT2D eigenvalue weighted by atomic mass is 31.2. The normalized spacial score (nSPS) is 18.0. The molecule has 0 aromatic heterocycles. The van der Waals surface area contributed by atoms with E-state index in [-0.39, 0.29) is 17.1 Å².